The van der Waals surface area contributed by atoms with E-state index in [4.69, 9.17) is 4.74 Å². The van der Waals surface area contributed by atoms with Gasteiger partial charge in [-0.05, 0) is 32.4 Å². The summed E-state index contributed by atoms with van der Waals surface area (Å²) in [6.45, 7) is 6.07. The summed E-state index contributed by atoms with van der Waals surface area (Å²) in [7, 11) is 1.40. The standard InChI is InChI=1S/C15H23NO3/c1-5-12(3)19-14-8-6-7-13(10-14)16-11(2)9-15(17)18-4/h6-8,10-12,16H,5,9H2,1-4H3. The molecule has 0 aromatic heterocycles. The quantitative estimate of drug-likeness (QED) is 0.769. The molecule has 0 fully saturated rings. The van der Waals surface area contributed by atoms with Crippen molar-refractivity contribution >= 4 is 11.7 Å². The molecule has 0 saturated heterocycles. The lowest BCUT2D eigenvalue weighted by atomic mass is 10.2. The van der Waals surface area contributed by atoms with Crippen LogP contribution in [0.5, 0.6) is 5.75 Å². The average Bonchev–Trinajstić information content (AvgIpc) is 2.38. The molecule has 106 valence electrons. The van der Waals surface area contributed by atoms with Crippen LogP contribution in [0, 0.1) is 0 Å². The van der Waals surface area contributed by atoms with E-state index in [1.165, 1.54) is 7.11 Å². The number of rotatable bonds is 7. The van der Waals surface area contributed by atoms with Gasteiger partial charge in [0.15, 0.2) is 0 Å². The molecule has 0 aliphatic heterocycles. The normalized spacial score (nSPS) is 13.5. The van der Waals surface area contributed by atoms with Gasteiger partial charge >= 0.3 is 5.97 Å². The highest BCUT2D eigenvalue weighted by molar-refractivity contribution is 5.70. The van der Waals surface area contributed by atoms with Crippen molar-refractivity contribution in [3.8, 4) is 5.75 Å². The maximum atomic E-state index is 11.2. The minimum absolute atomic E-state index is 0.0197. The first-order chi connectivity index (χ1) is 9.05. The Kier molecular flexibility index (Phi) is 6.19. The van der Waals surface area contributed by atoms with Crippen LogP contribution in [0.1, 0.15) is 33.6 Å². The first kappa shape index (κ1) is 15.3. The van der Waals surface area contributed by atoms with Gasteiger partial charge in [-0.15, -0.1) is 0 Å². The Hall–Kier alpha value is -1.71. The molecule has 0 heterocycles. The second kappa shape index (κ2) is 7.67. The van der Waals surface area contributed by atoms with Gasteiger partial charge in [0.1, 0.15) is 5.75 Å². The van der Waals surface area contributed by atoms with Crippen LogP contribution in [0.25, 0.3) is 0 Å². The van der Waals surface area contributed by atoms with Gasteiger partial charge in [0, 0.05) is 17.8 Å². The van der Waals surface area contributed by atoms with E-state index in [1.807, 2.05) is 38.1 Å². The van der Waals surface area contributed by atoms with E-state index in [1.54, 1.807) is 0 Å². The number of carbonyl (C=O) groups is 1. The lowest BCUT2D eigenvalue weighted by Crippen LogP contribution is -2.20. The zero-order valence-electron chi connectivity index (χ0n) is 12.1. The van der Waals surface area contributed by atoms with Gasteiger partial charge in [0.05, 0.1) is 19.6 Å². The van der Waals surface area contributed by atoms with E-state index >= 15 is 0 Å². The van der Waals surface area contributed by atoms with Crippen LogP contribution in [0.4, 0.5) is 5.69 Å². The number of ether oxygens (including phenoxy) is 2. The van der Waals surface area contributed by atoms with Crippen LogP contribution in [-0.4, -0.2) is 25.2 Å². The predicted molar refractivity (Wildman–Crippen MR) is 76.5 cm³/mol. The third-order valence-electron chi connectivity index (χ3n) is 2.86. The third kappa shape index (κ3) is 5.64. The molecule has 19 heavy (non-hydrogen) atoms. The molecule has 0 aliphatic carbocycles. The zero-order valence-corrected chi connectivity index (χ0v) is 12.1. The van der Waals surface area contributed by atoms with Gasteiger partial charge < -0.3 is 14.8 Å². The lowest BCUT2D eigenvalue weighted by molar-refractivity contribution is -0.140. The molecule has 2 unspecified atom stereocenters. The number of hydrogen-bond acceptors (Lipinski definition) is 4. The molecule has 0 radical (unpaired) electrons. The Morgan fingerprint density at radius 3 is 2.74 bits per heavy atom. The Bertz CT molecular complexity index is 406. The van der Waals surface area contributed by atoms with Crippen molar-refractivity contribution in [2.75, 3.05) is 12.4 Å². The molecular formula is C15H23NO3. The zero-order chi connectivity index (χ0) is 14.3. The maximum Gasteiger partial charge on any atom is 0.307 e. The molecule has 1 N–H and O–H groups in total. The summed E-state index contributed by atoms with van der Waals surface area (Å²) < 4.78 is 10.4. The Balaban J connectivity index is 2.58. The fraction of sp³-hybridized carbons (Fsp3) is 0.533. The van der Waals surface area contributed by atoms with Gasteiger partial charge in [-0.3, -0.25) is 4.79 Å². The second-order valence-corrected chi connectivity index (χ2v) is 4.69. The number of anilines is 1. The van der Waals surface area contributed by atoms with Crippen molar-refractivity contribution in [3.63, 3.8) is 0 Å². The topological polar surface area (TPSA) is 47.6 Å². The van der Waals surface area contributed by atoms with Gasteiger partial charge in [-0.2, -0.15) is 0 Å². The third-order valence-corrected chi connectivity index (χ3v) is 2.86. The van der Waals surface area contributed by atoms with Gasteiger partial charge in [-0.25, -0.2) is 0 Å². The molecule has 0 bridgehead atoms. The molecule has 4 heteroatoms. The summed E-state index contributed by atoms with van der Waals surface area (Å²) in [5.41, 5.74) is 0.942. The van der Waals surface area contributed by atoms with E-state index in [2.05, 4.69) is 17.0 Å². The summed E-state index contributed by atoms with van der Waals surface area (Å²) in [6, 6.07) is 7.79. The number of nitrogens with one attached hydrogen (secondary N) is 1. The van der Waals surface area contributed by atoms with Crippen LogP contribution in [-0.2, 0) is 9.53 Å². The number of esters is 1. The van der Waals surface area contributed by atoms with Crippen LogP contribution < -0.4 is 10.1 Å². The molecule has 2 atom stereocenters. The molecule has 0 aliphatic rings. The monoisotopic (exact) mass is 265 g/mol. The van der Waals surface area contributed by atoms with Gasteiger partial charge in [-0.1, -0.05) is 13.0 Å². The summed E-state index contributed by atoms with van der Waals surface area (Å²) >= 11 is 0. The Morgan fingerprint density at radius 2 is 2.11 bits per heavy atom. The fourth-order valence-electron chi connectivity index (χ4n) is 1.64. The largest absolute Gasteiger partial charge is 0.491 e. The van der Waals surface area contributed by atoms with Gasteiger partial charge in [0.2, 0.25) is 0 Å². The molecule has 4 nitrogen and oxygen atoms in total. The fourth-order valence-corrected chi connectivity index (χ4v) is 1.64. The van der Waals surface area contributed by atoms with E-state index < -0.39 is 0 Å². The highest BCUT2D eigenvalue weighted by Crippen LogP contribution is 2.20. The van der Waals surface area contributed by atoms with E-state index in [-0.39, 0.29) is 18.1 Å². The Morgan fingerprint density at radius 1 is 1.37 bits per heavy atom. The molecule has 0 amide bonds. The minimum atomic E-state index is -0.216. The van der Waals surface area contributed by atoms with Gasteiger partial charge in [0.25, 0.3) is 0 Å². The maximum absolute atomic E-state index is 11.2. The minimum Gasteiger partial charge on any atom is -0.491 e. The average molecular weight is 265 g/mol. The van der Waals surface area contributed by atoms with Crippen molar-refractivity contribution in [1.82, 2.24) is 0 Å². The predicted octanol–water partition coefficient (Wildman–Crippen LogP) is 3.23. The number of hydrogen-bond donors (Lipinski definition) is 1. The van der Waals surface area contributed by atoms with Crippen molar-refractivity contribution in [1.29, 1.82) is 0 Å². The summed E-state index contributed by atoms with van der Waals surface area (Å²) in [5.74, 6) is 0.622. The molecule has 0 saturated carbocycles. The second-order valence-electron chi connectivity index (χ2n) is 4.69. The van der Waals surface area contributed by atoms with Crippen LogP contribution in [0.15, 0.2) is 24.3 Å². The van der Waals surface area contributed by atoms with Crippen molar-refractivity contribution in [2.45, 2.75) is 45.8 Å². The van der Waals surface area contributed by atoms with Crippen LogP contribution in [0.3, 0.4) is 0 Å². The highest BCUT2D eigenvalue weighted by atomic mass is 16.5. The molecule has 1 aromatic carbocycles. The summed E-state index contributed by atoms with van der Waals surface area (Å²) in [6.07, 6.45) is 1.51. The molecule has 1 aromatic rings. The van der Waals surface area contributed by atoms with Crippen molar-refractivity contribution in [2.24, 2.45) is 0 Å². The smallest absolute Gasteiger partial charge is 0.307 e. The number of carbonyl (C=O) groups excluding carboxylic acids is 1. The molecular weight excluding hydrogens is 242 g/mol. The summed E-state index contributed by atoms with van der Waals surface area (Å²) in [5, 5.41) is 3.26. The van der Waals surface area contributed by atoms with Crippen molar-refractivity contribution < 1.29 is 14.3 Å². The van der Waals surface area contributed by atoms with E-state index in [0.717, 1.165) is 17.9 Å². The molecule has 0 spiro atoms. The SMILES string of the molecule is CCC(C)Oc1cccc(NC(C)CC(=O)OC)c1. The number of benzene rings is 1. The van der Waals surface area contributed by atoms with Crippen LogP contribution >= 0.6 is 0 Å². The molecule has 1 rings (SSSR count). The van der Waals surface area contributed by atoms with Crippen LogP contribution in [0.2, 0.25) is 0 Å². The first-order valence-corrected chi connectivity index (χ1v) is 6.65. The number of methoxy groups -OCH3 is 1. The van der Waals surface area contributed by atoms with Crippen molar-refractivity contribution in [3.05, 3.63) is 24.3 Å². The summed E-state index contributed by atoms with van der Waals surface area (Å²) in [4.78, 5) is 11.2. The van der Waals surface area contributed by atoms with E-state index in [0.29, 0.717) is 6.42 Å². The first-order valence-electron chi connectivity index (χ1n) is 6.65. The van der Waals surface area contributed by atoms with E-state index in [9.17, 15) is 4.79 Å². The highest BCUT2D eigenvalue weighted by Gasteiger charge is 2.09. The Labute approximate surface area is 115 Å². The lowest BCUT2D eigenvalue weighted by Gasteiger charge is -2.16.